The molecule has 0 amide bonds. The summed E-state index contributed by atoms with van der Waals surface area (Å²) in [6, 6.07) is 10.4. The minimum absolute atomic E-state index is 0. The van der Waals surface area contributed by atoms with Gasteiger partial charge in [0.2, 0.25) is 0 Å². The number of aromatic amines is 1. The Bertz CT molecular complexity index is 332. The molecule has 1 N–H and O–H groups in total. The lowest BCUT2D eigenvalue weighted by molar-refractivity contribution is 1.09. The first kappa shape index (κ1) is 9.85. The van der Waals surface area contributed by atoms with Gasteiger partial charge in [-0.15, -0.1) is 0 Å². The Morgan fingerprint density at radius 3 is 2.46 bits per heavy atom. The van der Waals surface area contributed by atoms with Gasteiger partial charge in [0.1, 0.15) is 0 Å². The molecule has 1 nitrogen and oxygen atoms in total. The third-order valence-corrected chi connectivity index (χ3v) is 1.66. The minimum atomic E-state index is 0. The number of fused-ring (bicyclic) bond motifs is 1. The molecule has 0 aliphatic rings. The first-order valence-corrected chi connectivity index (χ1v) is 4.82. The summed E-state index contributed by atoms with van der Waals surface area (Å²) in [5.41, 5.74) is 2.45. The zero-order valence-electron chi connectivity index (χ0n) is 8.59. The van der Waals surface area contributed by atoms with Gasteiger partial charge in [-0.3, -0.25) is 0 Å². The number of rotatable bonds is 0. The summed E-state index contributed by atoms with van der Waals surface area (Å²) in [5, 5.41) is 1.29. The second-order valence-corrected chi connectivity index (χ2v) is 3.25. The van der Waals surface area contributed by atoms with Gasteiger partial charge in [-0.05, 0) is 24.4 Å². The highest BCUT2D eigenvalue weighted by Crippen LogP contribution is 2.12. The van der Waals surface area contributed by atoms with Crippen LogP contribution in [0.25, 0.3) is 10.9 Å². The molecule has 0 unspecified atom stereocenters. The maximum Gasteiger partial charge on any atom is 0.0455 e. The highest BCUT2D eigenvalue weighted by Gasteiger charge is 1.92. The van der Waals surface area contributed by atoms with Gasteiger partial charge in [0.05, 0.1) is 0 Å². The summed E-state index contributed by atoms with van der Waals surface area (Å²) in [6.07, 6.45) is 1.25. The van der Waals surface area contributed by atoms with Crippen molar-refractivity contribution >= 4 is 10.9 Å². The van der Waals surface area contributed by atoms with Gasteiger partial charge >= 0.3 is 0 Å². The predicted octanol–water partition coefficient (Wildman–Crippen LogP) is 4.14. The number of benzene rings is 1. The average Bonchev–Trinajstić information content (AvgIpc) is 2.45. The summed E-state index contributed by atoms with van der Waals surface area (Å²) in [7, 11) is 0. The molecule has 0 aliphatic heterocycles. The molecule has 2 aromatic rings. The van der Waals surface area contributed by atoms with Gasteiger partial charge in [-0.2, -0.15) is 0 Å². The van der Waals surface area contributed by atoms with Crippen LogP contribution >= 0.6 is 0 Å². The van der Waals surface area contributed by atoms with Crippen LogP contribution in [0.5, 0.6) is 0 Å². The summed E-state index contributed by atoms with van der Waals surface area (Å²) < 4.78 is 0. The smallest absolute Gasteiger partial charge is 0.0455 e. The third-order valence-electron chi connectivity index (χ3n) is 1.66. The van der Waals surface area contributed by atoms with E-state index in [-0.39, 0.29) is 1.43 Å². The van der Waals surface area contributed by atoms with Crippen molar-refractivity contribution in [1.82, 2.24) is 4.98 Å². The molecule has 1 aromatic heterocycles. The van der Waals surface area contributed by atoms with Crippen LogP contribution in [-0.2, 0) is 0 Å². The van der Waals surface area contributed by atoms with Gasteiger partial charge in [0.25, 0.3) is 0 Å². The summed E-state index contributed by atoms with van der Waals surface area (Å²) >= 11 is 0. The van der Waals surface area contributed by atoms with E-state index in [1.54, 1.807) is 0 Å². The molecule has 0 spiro atoms. The number of hydrogen-bond donors (Lipinski definition) is 1. The lowest BCUT2D eigenvalue weighted by Gasteiger charge is -1.83. The predicted molar refractivity (Wildman–Crippen MR) is 61.1 cm³/mol. The van der Waals surface area contributed by atoms with Crippen molar-refractivity contribution in [3.63, 3.8) is 0 Å². The Balaban J connectivity index is 0.000000381. The van der Waals surface area contributed by atoms with Crippen LogP contribution in [0.3, 0.4) is 0 Å². The molecule has 13 heavy (non-hydrogen) atoms. The molecule has 2 rings (SSSR count). The Kier molecular flexibility index (Phi) is 3.56. The molecule has 0 bridgehead atoms. The van der Waals surface area contributed by atoms with E-state index in [0.29, 0.717) is 0 Å². The minimum Gasteiger partial charge on any atom is -0.359 e. The van der Waals surface area contributed by atoms with E-state index in [4.69, 9.17) is 0 Å². The SMILES string of the molecule is CCC.Cc1cc2ccccc2[nH]1.[HH]. The van der Waals surface area contributed by atoms with E-state index >= 15 is 0 Å². The average molecular weight is 177 g/mol. The van der Waals surface area contributed by atoms with Crippen molar-refractivity contribution in [3.8, 4) is 0 Å². The molecule has 0 aliphatic carbocycles. The second-order valence-electron chi connectivity index (χ2n) is 3.25. The zero-order chi connectivity index (χ0) is 9.68. The normalized spacial score (nSPS) is 9.46. The van der Waals surface area contributed by atoms with E-state index in [2.05, 4.69) is 50.0 Å². The van der Waals surface area contributed by atoms with E-state index in [0.717, 1.165) is 0 Å². The quantitative estimate of drug-likeness (QED) is 0.622. The maximum absolute atomic E-state index is 3.26. The Morgan fingerprint density at radius 1 is 1.23 bits per heavy atom. The molecular formula is C12H19N. The molecule has 1 heterocycles. The van der Waals surface area contributed by atoms with Crippen molar-refractivity contribution in [1.29, 1.82) is 0 Å². The van der Waals surface area contributed by atoms with Crippen molar-refractivity contribution < 1.29 is 1.43 Å². The van der Waals surface area contributed by atoms with Crippen LogP contribution < -0.4 is 0 Å². The number of hydrogen-bond acceptors (Lipinski definition) is 0. The van der Waals surface area contributed by atoms with Crippen LogP contribution in [0.4, 0.5) is 0 Å². The van der Waals surface area contributed by atoms with E-state index in [9.17, 15) is 0 Å². The fourth-order valence-electron chi connectivity index (χ4n) is 1.22. The summed E-state index contributed by atoms with van der Waals surface area (Å²) in [5.74, 6) is 0. The molecule has 1 heteroatoms. The fraction of sp³-hybridized carbons (Fsp3) is 0.333. The standard InChI is InChI=1S/C9H9N.C3H8.H2/c1-7-6-8-4-2-3-5-9(8)10-7;1-3-2;/h2-6,10H,1H3;3H2,1-2H3;1H. The summed E-state index contributed by atoms with van der Waals surface area (Å²) in [6.45, 7) is 6.32. The van der Waals surface area contributed by atoms with Crippen LogP contribution in [-0.4, -0.2) is 4.98 Å². The lowest BCUT2D eigenvalue weighted by atomic mass is 10.2. The molecule has 0 radical (unpaired) electrons. The van der Waals surface area contributed by atoms with Gasteiger partial charge in [-0.1, -0.05) is 38.5 Å². The van der Waals surface area contributed by atoms with Gasteiger partial charge in [-0.25, -0.2) is 0 Å². The Hall–Kier alpha value is -1.24. The number of para-hydroxylation sites is 1. The largest absolute Gasteiger partial charge is 0.359 e. The van der Waals surface area contributed by atoms with E-state index in [1.807, 2.05) is 6.07 Å². The fourth-order valence-corrected chi connectivity index (χ4v) is 1.22. The van der Waals surface area contributed by atoms with Gasteiger partial charge in [0, 0.05) is 12.6 Å². The monoisotopic (exact) mass is 177 g/mol. The highest BCUT2D eigenvalue weighted by molar-refractivity contribution is 5.79. The molecule has 0 fully saturated rings. The molecule has 0 saturated heterocycles. The lowest BCUT2D eigenvalue weighted by Crippen LogP contribution is -1.65. The summed E-state index contributed by atoms with van der Waals surface area (Å²) in [4.78, 5) is 3.26. The number of H-pyrrole nitrogens is 1. The number of nitrogens with one attached hydrogen (secondary N) is 1. The van der Waals surface area contributed by atoms with E-state index < -0.39 is 0 Å². The van der Waals surface area contributed by atoms with Crippen LogP contribution in [0.15, 0.2) is 30.3 Å². The van der Waals surface area contributed by atoms with Crippen molar-refractivity contribution in [2.75, 3.05) is 0 Å². The molecular weight excluding hydrogens is 158 g/mol. The van der Waals surface area contributed by atoms with Crippen molar-refractivity contribution in [2.24, 2.45) is 0 Å². The topological polar surface area (TPSA) is 15.8 Å². The van der Waals surface area contributed by atoms with Gasteiger partial charge < -0.3 is 4.98 Å². The maximum atomic E-state index is 3.26. The Morgan fingerprint density at radius 2 is 1.85 bits per heavy atom. The van der Waals surface area contributed by atoms with Crippen LogP contribution in [0.1, 0.15) is 27.4 Å². The van der Waals surface area contributed by atoms with Crippen molar-refractivity contribution in [2.45, 2.75) is 27.2 Å². The van der Waals surface area contributed by atoms with E-state index in [1.165, 1.54) is 23.0 Å². The molecule has 1 aromatic carbocycles. The number of aromatic nitrogens is 1. The highest BCUT2D eigenvalue weighted by atomic mass is 14.7. The molecule has 0 atom stereocenters. The van der Waals surface area contributed by atoms with Crippen molar-refractivity contribution in [3.05, 3.63) is 36.0 Å². The third kappa shape index (κ3) is 2.62. The zero-order valence-corrected chi connectivity index (χ0v) is 8.59. The first-order valence-electron chi connectivity index (χ1n) is 4.82. The molecule has 72 valence electrons. The molecule has 0 saturated carbocycles. The first-order chi connectivity index (χ1) is 6.27. The van der Waals surface area contributed by atoms with Crippen LogP contribution in [0.2, 0.25) is 0 Å². The Labute approximate surface area is 81.3 Å². The van der Waals surface area contributed by atoms with Gasteiger partial charge in [0.15, 0.2) is 0 Å². The second kappa shape index (κ2) is 4.70. The number of aryl methyl sites for hydroxylation is 1. The van der Waals surface area contributed by atoms with Crippen LogP contribution in [0, 0.1) is 6.92 Å².